The number of nitrogens with one attached hydrogen (secondary N) is 1. The fourth-order valence-electron chi connectivity index (χ4n) is 1.18. The predicted octanol–water partition coefficient (Wildman–Crippen LogP) is 1.31. The van der Waals surface area contributed by atoms with E-state index < -0.39 is 0 Å². The molecular formula is C9H18N4. The average molecular weight is 182 g/mol. The van der Waals surface area contributed by atoms with E-state index in [1.807, 2.05) is 7.05 Å². The molecule has 0 atom stereocenters. The lowest BCUT2D eigenvalue weighted by atomic mass is 10.1. The van der Waals surface area contributed by atoms with Crippen molar-refractivity contribution >= 4 is 0 Å². The van der Waals surface area contributed by atoms with Gasteiger partial charge in [-0.05, 0) is 34.7 Å². The van der Waals surface area contributed by atoms with Gasteiger partial charge in [0, 0.05) is 6.04 Å². The van der Waals surface area contributed by atoms with Crippen molar-refractivity contribution < 1.29 is 0 Å². The summed E-state index contributed by atoms with van der Waals surface area (Å²) in [5.41, 5.74) is -0.124. The van der Waals surface area contributed by atoms with Crippen LogP contribution in [0.2, 0.25) is 0 Å². The molecule has 0 aliphatic rings. The first-order valence-electron chi connectivity index (χ1n) is 4.58. The molecule has 0 spiro atoms. The van der Waals surface area contributed by atoms with Crippen molar-refractivity contribution in [2.45, 2.75) is 39.3 Å². The summed E-state index contributed by atoms with van der Waals surface area (Å²) < 4.78 is 2.08. The second kappa shape index (κ2) is 3.46. The Kier molecular flexibility index (Phi) is 2.71. The van der Waals surface area contributed by atoms with Gasteiger partial charge in [0.1, 0.15) is 6.33 Å². The van der Waals surface area contributed by atoms with E-state index in [9.17, 15) is 0 Å². The van der Waals surface area contributed by atoms with Gasteiger partial charge in [-0.1, -0.05) is 0 Å². The van der Waals surface area contributed by atoms with Gasteiger partial charge in [0.05, 0.1) is 5.54 Å². The van der Waals surface area contributed by atoms with Gasteiger partial charge in [0.25, 0.3) is 0 Å². The lowest BCUT2D eigenvalue weighted by Crippen LogP contribution is -2.36. The van der Waals surface area contributed by atoms with Crippen molar-refractivity contribution in [1.82, 2.24) is 20.1 Å². The summed E-state index contributed by atoms with van der Waals surface area (Å²) in [7, 11) is 1.93. The zero-order valence-electron chi connectivity index (χ0n) is 9.00. The van der Waals surface area contributed by atoms with Crippen LogP contribution in [0.5, 0.6) is 0 Å². The summed E-state index contributed by atoms with van der Waals surface area (Å²) in [4.78, 5) is 0. The Hall–Kier alpha value is -0.900. The first-order valence-corrected chi connectivity index (χ1v) is 4.58. The van der Waals surface area contributed by atoms with E-state index in [0.717, 1.165) is 5.82 Å². The van der Waals surface area contributed by atoms with Crippen molar-refractivity contribution in [3.63, 3.8) is 0 Å². The lowest BCUT2D eigenvalue weighted by molar-refractivity contribution is 0.382. The Balaban J connectivity index is 3.07. The van der Waals surface area contributed by atoms with Crippen LogP contribution < -0.4 is 5.32 Å². The molecule has 0 fully saturated rings. The highest BCUT2D eigenvalue weighted by Gasteiger charge is 2.24. The minimum Gasteiger partial charge on any atom is -0.313 e. The van der Waals surface area contributed by atoms with Crippen LogP contribution in [0, 0.1) is 0 Å². The van der Waals surface area contributed by atoms with Gasteiger partial charge < -0.3 is 9.88 Å². The molecule has 1 aromatic rings. The van der Waals surface area contributed by atoms with Crippen LogP contribution in [0.1, 0.15) is 39.6 Å². The fraction of sp³-hybridized carbons (Fsp3) is 0.778. The molecule has 0 radical (unpaired) electrons. The summed E-state index contributed by atoms with van der Waals surface area (Å²) in [5.74, 6) is 0.977. The molecule has 0 aromatic carbocycles. The Bertz CT molecular complexity index is 275. The van der Waals surface area contributed by atoms with Crippen molar-refractivity contribution in [2.24, 2.45) is 0 Å². The number of aromatic nitrogens is 3. The van der Waals surface area contributed by atoms with Gasteiger partial charge in [0.15, 0.2) is 5.82 Å². The van der Waals surface area contributed by atoms with Gasteiger partial charge in [-0.3, -0.25) is 0 Å². The van der Waals surface area contributed by atoms with Gasteiger partial charge in [0.2, 0.25) is 0 Å². The van der Waals surface area contributed by atoms with Gasteiger partial charge in [-0.2, -0.15) is 0 Å². The van der Waals surface area contributed by atoms with E-state index in [4.69, 9.17) is 0 Å². The molecule has 0 aliphatic heterocycles. The van der Waals surface area contributed by atoms with Crippen LogP contribution in [0.3, 0.4) is 0 Å². The first-order chi connectivity index (χ1) is 5.99. The summed E-state index contributed by atoms with van der Waals surface area (Å²) in [5, 5.41) is 11.3. The van der Waals surface area contributed by atoms with Gasteiger partial charge in [-0.25, -0.2) is 0 Å². The van der Waals surface area contributed by atoms with Gasteiger partial charge in [-0.15, -0.1) is 10.2 Å². The normalized spacial score (nSPS) is 12.5. The van der Waals surface area contributed by atoms with Crippen molar-refractivity contribution in [2.75, 3.05) is 7.05 Å². The highest BCUT2D eigenvalue weighted by molar-refractivity contribution is 5.02. The molecule has 0 amide bonds. The summed E-state index contributed by atoms with van der Waals surface area (Å²) >= 11 is 0. The Morgan fingerprint density at radius 2 is 2.08 bits per heavy atom. The highest BCUT2D eigenvalue weighted by Crippen LogP contribution is 2.19. The standard InChI is InChI=1S/C9H18N4/c1-7(2)13-6-11-12-8(13)9(3,4)10-5/h6-7,10H,1-5H3. The fourth-order valence-corrected chi connectivity index (χ4v) is 1.18. The number of hydrogen-bond donors (Lipinski definition) is 1. The zero-order chi connectivity index (χ0) is 10.1. The minimum atomic E-state index is -0.124. The monoisotopic (exact) mass is 182 g/mol. The first kappa shape index (κ1) is 10.2. The molecule has 1 aromatic heterocycles. The van der Waals surface area contributed by atoms with E-state index >= 15 is 0 Å². The molecule has 0 saturated carbocycles. The minimum absolute atomic E-state index is 0.124. The Labute approximate surface area is 79.4 Å². The smallest absolute Gasteiger partial charge is 0.152 e. The predicted molar refractivity (Wildman–Crippen MR) is 52.5 cm³/mol. The molecule has 0 saturated heterocycles. The maximum absolute atomic E-state index is 4.13. The quantitative estimate of drug-likeness (QED) is 0.766. The van der Waals surface area contributed by atoms with Crippen LogP contribution in [0.25, 0.3) is 0 Å². The number of nitrogens with zero attached hydrogens (tertiary/aromatic N) is 3. The summed E-state index contributed by atoms with van der Waals surface area (Å²) in [6.07, 6.45) is 1.78. The van der Waals surface area contributed by atoms with Crippen LogP contribution in [-0.4, -0.2) is 21.8 Å². The summed E-state index contributed by atoms with van der Waals surface area (Å²) in [6, 6.07) is 0.401. The molecule has 0 bridgehead atoms. The SMILES string of the molecule is CNC(C)(C)c1nncn1C(C)C. The largest absolute Gasteiger partial charge is 0.313 e. The molecule has 1 N–H and O–H groups in total. The molecule has 0 unspecified atom stereocenters. The molecule has 4 heteroatoms. The molecule has 1 heterocycles. The topological polar surface area (TPSA) is 42.7 Å². The Morgan fingerprint density at radius 1 is 1.46 bits per heavy atom. The van der Waals surface area contributed by atoms with Gasteiger partial charge >= 0.3 is 0 Å². The van der Waals surface area contributed by atoms with Crippen molar-refractivity contribution in [3.8, 4) is 0 Å². The number of hydrogen-bond acceptors (Lipinski definition) is 3. The van der Waals surface area contributed by atoms with Crippen LogP contribution in [0.15, 0.2) is 6.33 Å². The van der Waals surface area contributed by atoms with Crippen LogP contribution in [-0.2, 0) is 5.54 Å². The molecule has 0 aliphatic carbocycles. The van der Waals surface area contributed by atoms with E-state index in [1.165, 1.54) is 0 Å². The number of rotatable bonds is 3. The molecule has 1 rings (SSSR count). The molecular weight excluding hydrogens is 164 g/mol. The third kappa shape index (κ3) is 1.88. The Morgan fingerprint density at radius 3 is 2.54 bits per heavy atom. The molecule has 74 valence electrons. The maximum Gasteiger partial charge on any atom is 0.152 e. The van der Waals surface area contributed by atoms with Crippen molar-refractivity contribution in [1.29, 1.82) is 0 Å². The summed E-state index contributed by atoms with van der Waals surface area (Å²) in [6.45, 7) is 8.43. The van der Waals surface area contributed by atoms with E-state index in [-0.39, 0.29) is 5.54 Å². The molecule has 13 heavy (non-hydrogen) atoms. The van der Waals surface area contributed by atoms with Crippen molar-refractivity contribution in [3.05, 3.63) is 12.2 Å². The highest BCUT2D eigenvalue weighted by atomic mass is 15.3. The maximum atomic E-state index is 4.13. The third-order valence-electron chi connectivity index (χ3n) is 2.31. The van der Waals surface area contributed by atoms with E-state index in [2.05, 4.69) is 47.8 Å². The second-order valence-corrected chi connectivity index (χ2v) is 4.03. The lowest BCUT2D eigenvalue weighted by Gasteiger charge is -2.24. The third-order valence-corrected chi connectivity index (χ3v) is 2.31. The average Bonchev–Trinajstić information content (AvgIpc) is 2.52. The molecule has 4 nitrogen and oxygen atoms in total. The second-order valence-electron chi connectivity index (χ2n) is 4.03. The van der Waals surface area contributed by atoms with Crippen LogP contribution >= 0.6 is 0 Å². The van der Waals surface area contributed by atoms with E-state index in [1.54, 1.807) is 6.33 Å². The van der Waals surface area contributed by atoms with Crippen LogP contribution in [0.4, 0.5) is 0 Å². The zero-order valence-corrected chi connectivity index (χ0v) is 9.00. The van der Waals surface area contributed by atoms with E-state index in [0.29, 0.717) is 6.04 Å².